The quantitative estimate of drug-likeness (QED) is 0.900. The number of nitrogens with zero attached hydrogens (tertiary/aromatic N) is 2. The first-order valence-corrected chi connectivity index (χ1v) is 7.91. The zero-order valence-electron chi connectivity index (χ0n) is 14.3. The summed E-state index contributed by atoms with van der Waals surface area (Å²) in [5, 5.41) is 11.7. The molecule has 2 aromatic rings. The largest absolute Gasteiger partial charge is 0.507 e. The third-order valence-corrected chi connectivity index (χ3v) is 4.23. The van der Waals surface area contributed by atoms with Crippen LogP contribution in [0.3, 0.4) is 0 Å². The van der Waals surface area contributed by atoms with Crippen molar-refractivity contribution in [2.24, 2.45) is 5.92 Å². The van der Waals surface area contributed by atoms with Gasteiger partial charge in [-0.15, -0.1) is 0 Å². The molecule has 0 saturated heterocycles. The third-order valence-electron chi connectivity index (χ3n) is 4.23. The monoisotopic (exact) mass is 324 g/mol. The molecule has 0 atom stereocenters. The molecule has 0 unspecified atom stereocenters. The molecule has 0 amide bonds. The van der Waals surface area contributed by atoms with Crippen LogP contribution in [0, 0.1) is 19.8 Å². The molecule has 3 rings (SSSR count). The van der Waals surface area contributed by atoms with E-state index in [4.69, 9.17) is 0 Å². The van der Waals surface area contributed by atoms with Gasteiger partial charge in [-0.05, 0) is 37.0 Å². The van der Waals surface area contributed by atoms with Crippen LogP contribution in [0.25, 0.3) is 12.3 Å². The van der Waals surface area contributed by atoms with E-state index in [0.717, 1.165) is 5.56 Å². The van der Waals surface area contributed by atoms with E-state index >= 15 is 0 Å². The molecule has 0 bridgehead atoms. The molecule has 0 aromatic carbocycles. The Morgan fingerprint density at radius 3 is 2.50 bits per heavy atom. The second-order valence-electron chi connectivity index (χ2n) is 6.73. The van der Waals surface area contributed by atoms with E-state index in [-0.39, 0.29) is 34.4 Å². The second-order valence-corrected chi connectivity index (χ2v) is 6.73. The number of aliphatic hydroxyl groups is 1. The standard InChI is InChI=1S/C19H20N2O3/c1-9(2)8-21-13(22)7-11(4)15-17(21)19(24)16-14(18(15)23)10(3)6-12(5)20-16/h6-7,9,23H,5,8H2,1-4H3. The molecular formula is C19H20N2O3. The van der Waals surface area contributed by atoms with Crippen molar-refractivity contribution in [2.45, 2.75) is 34.2 Å². The second kappa shape index (κ2) is 5.44. The number of rotatable bonds is 2. The van der Waals surface area contributed by atoms with Gasteiger partial charge in [-0.2, -0.15) is 0 Å². The van der Waals surface area contributed by atoms with E-state index < -0.39 is 0 Å². The molecule has 5 nitrogen and oxygen atoms in total. The van der Waals surface area contributed by atoms with E-state index in [1.54, 1.807) is 13.0 Å². The van der Waals surface area contributed by atoms with Gasteiger partial charge >= 0.3 is 0 Å². The van der Waals surface area contributed by atoms with E-state index in [2.05, 4.69) is 11.6 Å². The number of hydrogen-bond acceptors (Lipinski definition) is 4. The number of pyridine rings is 2. The Bertz CT molecular complexity index is 1050. The lowest BCUT2D eigenvalue weighted by Crippen LogP contribution is -2.38. The topological polar surface area (TPSA) is 72.2 Å². The minimum absolute atomic E-state index is 0.000365. The Morgan fingerprint density at radius 2 is 1.88 bits per heavy atom. The highest BCUT2D eigenvalue weighted by molar-refractivity contribution is 6.12. The lowest BCUT2D eigenvalue weighted by Gasteiger charge is -2.23. The van der Waals surface area contributed by atoms with Gasteiger partial charge < -0.3 is 9.67 Å². The smallest absolute Gasteiger partial charge is 0.251 e. The molecule has 1 aliphatic rings. The average Bonchev–Trinajstić information content (AvgIpc) is 2.46. The number of carbonyl (C=O) groups excluding carboxylic acids is 1. The summed E-state index contributed by atoms with van der Waals surface area (Å²) in [4.78, 5) is 29.8. The molecule has 0 fully saturated rings. The highest BCUT2D eigenvalue weighted by Crippen LogP contribution is 2.24. The Balaban J connectivity index is 2.52. The summed E-state index contributed by atoms with van der Waals surface area (Å²) in [5.41, 5.74) is 1.89. The van der Waals surface area contributed by atoms with Crippen LogP contribution in [-0.2, 0) is 6.54 Å². The first-order chi connectivity index (χ1) is 11.2. The number of aryl methyl sites for hydroxylation is 2. The van der Waals surface area contributed by atoms with Crippen molar-refractivity contribution in [3.63, 3.8) is 0 Å². The lowest BCUT2D eigenvalue weighted by atomic mass is 9.91. The Morgan fingerprint density at radius 1 is 1.21 bits per heavy atom. The van der Waals surface area contributed by atoms with Crippen LogP contribution >= 0.6 is 0 Å². The van der Waals surface area contributed by atoms with Crippen LogP contribution < -0.4 is 16.1 Å². The molecule has 2 aromatic heterocycles. The van der Waals surface area contributed by atoms with Gasteiger partial charge in [-0.25, -0.2) is 4.98 Å². The number of ketones is 1. The van der Waals surface area contributed by atoms with Crippen LogP contribution in [-0.4, -0.2) is 20.4 Å². The Labute approximate surface area is 139 Å². The minimum atomic E-state index is -0.340. The zero-order valence-corrected chi connectivity index (χ0v) is 14.3. The van der Waals surface area contributed by atoms with E-state index in [9.17, 15) is 14.7 Å². The molecule has 0 saturated carbocycles. The van der Waals surface area contributed by atoms with Gasteiger partial charge in [0.2, 0.25) is 5.78 Å². The van der Waals surface area contributed by atoms with Gasteiger partial charge in [0.1, 0.15) is 17.1 Å². The first-order valence-electron chi connectivity index (χ1n) is 7.91. The number of aromatic nitrogens is 2. The normalized spacial score (nSPS) is 13.2. The SMILES string of the molecule is C=c1cc(C)c2c(n1)C(=O)c1c(c(C)cc(=O)n1CC(C)C)C=2O. The van der Waals surface area contributed by atoms with Gasteiger partial charge in [0.25, 0.3) is 5.56 Å². The molecule has 5 heteroatoms. The fourth-order valence-electron chi connectivity index (χ4n) is 3.29. The molecule has 24 heavy (non-hydrogen) atoms. The fraction of sp³-hybridized carbons (Fsp3) is 0.316. The summed E-state index contributed by atoms with van der Waals surface area (Å²) in [6, 6.07) is 3.20. The highest BCUT2D eigenvalue weighted by atomic mass is 16.3. The zero-order chi connectivity index (χ0) is 17.8. The maximum atomic E-state index is 13.1. The molecule has 0 radical (unpaired) electrons. The number of fused-ring (bicyclic) bond motifs is 2. The maximum Gasteiger partial charge on any atom is 0.251 e. The van der Waals surface area contributed by atoms with Gasteiger partial charge in [-0.1, -0.05) is 20.4 Å². The summed E-state index contributed by atoms with van der Waals surface area (Å²) in [6.45, 7) is 11.7. The van der Waals surface area contributed by atoms with Crippen molar-refractivity contribution in [2.75, 3.05) is 0 Å². The molecule has 0 aliphatic heterocycles. The molecule has 124 valence electrons. The Kier molecular flexibility index (Phi) is 3.67. The fourth-order valence-corrected chi connectivity index (χ4v) is 3.29. The van der Waals surface area contributed by atoms with Crippen molar-refractivity contribution in [3.8, 4) is 0 Å². The van der Waals surface area contributed by atoms with E-state index in [1.807, 2.05) is 20.8 Å². The predicted molar refractivity (Wildman–Crippen MR) is 92.6 cm³/mol. The highest BCUT2D eigenvalue weighted by Gasteiger charge is 2.31. The Hall–Kier alpha value is -2.69. The van der Waals surface area contributed by atoms with Crippen molar-refractivity contribution >= 4 is 18.1 Å². The van der Waals surface area contributed by atoms with Crippen molar-refractivity contribution in [1.29, 1.82) is 0 Å². The van der Waals surface area contributed by atoms with Crippen LogP contribution in [0.15, 0.2) is 16.9 Å². The lowest BCUT2D eigenvalue weighted by molar-refractivity contribution is 0.101. The summed E-state index contributed by atoms with van der Waals surface area (Å²) in [6.07, 6.45) is 0. The van der Waals surface area contributed by atoms with Crippen LogP contribution in [0.1, 0.15) is 46.7 Å². The van der Waals surface area contributed by atoms with Crippen LogP contribution in [0.5, 0.6) is 0 Å². The molecular weight excluding hydrogens is 304 g/mol. The van der Waals surface area contributed by atoms with Crippen molar-refractivity contribution < 1.29 is 9.90 Å². The minimum Gasteiger partial charge on any atom is -0.507 e. The molecule has 0 spiro atoms. The average molecular weight is 324 g/mol. The van der Waals surface area contributed by atoms with Gasteiger partial charge in [0.05, 0.1) is 5.35 Å². The maximum absolute atomic E-state index is 13.1. The first kappa shape index (κ1) is 16.2. The number of aliphatic hydroxyl groups excluding tert-OH is 1. The van der Waals surface area contributed by atoms with E-state index in [0.29, 0.717) is 28.2 Å². The van der Waals surface area contributed by atoms with Crippen LogP contribution in [0.4, 0.5) is 0 Å². The predicted octanol–water partition coefficient (Wildman–Crippen LogP) is 1.19. The third kappa shape index (κ3) is 2.28. The summed E-state index contributed by atoms with van der Waals surface area (Å²) in [7, 11) is 0. The molecule has 1 aliphatic carbocycles. The number of hydrogen-bond donors (Lipinski definition) is 1. The summed E-state index contributed by atoms with van der Waals surface area (Å²) >= 11 is 0. The molecule has 2 heterocycles. The van der Waals surface area contributed by atoms with Crippen molar-refractivity contribution in [1.82, 2.24) is 9.55 Å². The van der Waals surface area contributed by atoms with Crippen molar-refractivity contribution in [3.05, 3.63) is 61.1 Å². The summed E-state index contributed by atoms with van der Waals surface area (Å²) in [5.74, 6) is -0.160. The van der Waals surface area contributed by atoms with Gasteiger partial charge in [0.15, 0.2) is 0 Å². The van der Waals surface area contributed by atoms with Gasteiger partial charge in [-0.3, -0.25) is 9.59 Å². The van der Waals surface area contributed by atoms with Crippen LogP contribution in [0.2, 0.25) is 0 Å². The molecule has 1 N–H and O–H groups in total. The summed E-state index contributed by atoms with van der Waals surface area (Å²) < 4.78 is 1.45. The van der Waals surface area contributed by atoms with Gasteiger partial charge in [0, 0.05) is 23.4 Å². The van der Waals surface area contributed by atoms with E-state index in [1.165, 1.54) is 10.6 Å². The number of carbonyl (C=O) groups is 1.